The quantitative estimate of drug-likeness (QED) is 0.0561. The number of cyclic esters (lactones) is 2. The summed E-state index contributed by atoms with van der Waals surface area (Å²) < 4.78 is 13.9. The summed E-state index contributed by atoms with van der Waals surface area (Å²) in [6.07, 6.45) is 21.0. The fraction of sp³-hybridized carbons (Fsp3) is 0.333. The van der Waals surface area contributed by atoms with Crippen molar-refractivity contribution >= 4 is 87.8 Å². The van der Waals surface area contributed by atoms with E-state index in [4.69, 9.17) is 9.47 Å². The third kappa shape index (κ3) is 7.69. The minimum absolute atomic E-state index is 0.236. The Hall–Kier alpha value is -4.52. The largest absolute Gasteiger partial charge is 0.421 e. The Kier molecular flexibility index (Phi) is 11.1. The third-order valence-electron chi connectivity index (χ3n) is 11.0. The van der Waals surface area contributed by atoms with Crippen molar-refractivity contribution in [1.82, 2.24) is 0 Å². The lowest BCUT2D eigenvalue weighted by Crippen LogP contribution is -2.05. The SMILES string of the molecule is CCCCCCCCc1ccc2ccc3sc(C4=C/C(=C5/C=C(c6cc7c(ccc8ccc(CCCCCCCC)cc87)s6)OC5=O)C(=O)O4)cc3c2c1. The zero-order chi connectivity index (χ0) is 37.0. The van der Waals surface area contributed by atoms with Crippen molar-refractivity contribution in [2.75, 3.05) is 0 Å². The van der Waals surface area contributed by atoms with Gasteiger partial charge in [-0.15, -0.1) is 22.7 Å². The number of rotatable bonds is 16. The van der Waals surface area contributed by atoms with Crippen LogP contribution in [0.5, 0.6) is 0 Å². The van der Waals surface area contributed by atoms with Crippen LogP contribution in [0.4, 0.5) is 0 Å². The van der Waals surface area contributed by atoms with Crippen LogP contribution in [0.2, 0.25) is 0 Å². The number of benzene rings is 4. The molecular formula is C48H48O4S2. The number of hydrogen-bond donors (Lipinski definition) is 0. The van der Waals surface area contributed by atoms with E-state index in [9.17, 15) is 9.59 Å². The highest BCUT2D eigenvalue weighted by Crippen LogP contribution is 2.42. The maximum absolute atomic E-state index is 13.3. The first-order valence-corrected chi connectivity index (χ1v) is 21.7. The number of hydrogen-bond acceptors (Lipinski definition) is 6. The maximum Gasteiger partial charge on any atom is 0.344 e. The molecule has 0 bridgehead atoms. The van der Waals surface area contributed by atoms with Crippen LogP contribution < -0.4 is 0 Å². The van der Waals surface area contributed by atoms with Gasteiger partial charge in [0, 0.05) is 20.2 Å². The van der Waals surface area contributed by atoms with Gasteiger partial charge in [0.2, 0.25) is 0 Å². The molecule has 8 rings (SSSR count). The fourth-order valence-electron chi connectivity index (χ4n) is 7.91. The van der Waals surface area contributed by atoms with Crippen molar-refractivity contribution in [2.24, 2.45) is 0 Å². The second kappa shape index (κ2) is 16.5. The molecular weight excluding hydrogens is 705 g/mol. The van der Waals surface area contributed by atoms with Gasteiger partial charge in [0.1, 0.15) is 11.5 Å². The Morgan fingerprint density at radius 1 is 0.463 bits per heavy atom. The zero-order valence-electron chi connectivity index (χ0n) is 31.4. The predicted octanol–water partition coefficient (Wildman–Crippen LogP) is 14.0. The average molecular weight is 753 g/mol. The minimum atomic E-state index is -0.529. The molecule has 0 N–H and O–H groups in total. The number of carbonyl (C=O) groups is 2. The van der Waals surface area contributed by atoms with Gasteiger partial charge < -0.3 is 9.47 Å². The van der Waals surface area contributed by atoms with E-state index in [-0.39, 0.29) is 11.1 Å². The molecule has 0 saturated carbocycles. The van der Waals surface area contributed by atoms with E-state index < -0.39 is 11.9 Å². The van der Waals surface area contributed by atoms with Crippen LogP contribution in [0.25, 0.3) is 53.2 Å². The summed E-state index contributed by atoms with van der Waals surface area (Å²) >= 11 is 3.21. The van der Waals surface area contributed by atoms with E-state index in [2.05, 4.69) is 86.6 Å². The summed E-state index contributed by atoms with van der Waals surface area (Å²) in [5.41, 5.74) is 3.19. The zero-order valence-corrected chi connectivity index (χ0v) is 33.1. The molecule has 4 nitrogen and oxygen atoms in total. The highest BCUT2D eigenvalue weighted by atomic mass is 32.1. The molecule has 54 heavy (non-hydrogen) atoms. The van der Waals surface area contributed by atoms with Gasteiger partial charge in [-0.25, -0.2) is 9.59 Å². The van der Waals surface area contributed by atoms with Crippen LogP contribution in [-0.2, 0) is 31.9 Å². The van der Waals surface area contributed by atoms with Gasteiger partial charge in [0.25, 0.3) is 0 Å². The molecule has 6 aromatic rings. The van der Waals surface area contributed by atoms with E-state index >= 15 is 0 Å². The second-order valence-electron chi connectivity index (χ2n) is 14.9. The first-order valence-electron chi connectivity index (χ1n) is 20.0. The molecule has 0 radical (unpaired) electrons. The molecule has 0 spiro atoms. The first-order chi connectivity index (χ1) is 26.5. The molecule has 0 saturated heterocycles. The molecule has 6 heteroatoms. The summed E-state index contributed by atoms with van der Waals surface area (Å²) in [4.78, 5) is 28.3. The number of thiophene rings is 2. The number of carbonyl (C=O) groups excluding carboxylic acids is 2. The van der Waals surface area contributed by atoms with Gasteiger partial charge in [-0.05, 0) is 94.8 Å². The molecule has 2 aromatic heterocycles. The monoisotopic (exact) mass is 752 g/mol. The molecule has 4 heterocycles. The number of fused-ring (bicyclic) bond motifs is 6. The van der Waals surface area contributed by atoms with Crippen molar-refractivity contribution in [3.8, 4) is 0 Å². The molecule has 0 aliphatic carbocycles. The van der Waals surface area contributed by atoms with Gasteiger partial charge in [-0.2, -0.15) is 0 Å². The Morgan fingerprint density at radius 2 is 0.870 bits per heavy atom. The van der Waals surface area contributed by atoms with E-state index in [0.717, 1.165) is 42.8 Å². The van der Waals surface area contributed by atoms with Gasteiger partial charge >= 0.3 is 11.9 Å². The van der Waals surface area contributed by atoms with E-state index in [1.807, 2.05) is 0 Å². The Labute approximate surface area is 326 Å². The summed E-state index contributed by atoms with van der Waals surface area (Å²) in [5.74, 6) is -0.115. The highest BCUT2D eigenvalue weighted by Gasteiger charge is 2.33. The molecule has 0 unspecified atom stereocenters. The number of esters is 2. The first kappa shape index (κ1) is 36.5. The summed E-state index contributed by atoms with van der Waals surface area (Å²) in [6, 6.07) is 26.5. The van der Waals surface area contributed by atoms with Crippen molar-refractivity contribution in [3.05, 3.63) is 117 Å². The van der Waals surface area contributed by atoms with Crippen LogP contribution in [0.1, 0.15) is 112 Å². The third-order valence-corrected chi connectivity index (χ3v) is 13.2. The van der Waals surface area contributed by atoms with Gasteiger partial charge in [0.05, 0.1) is 20.9 Å². The highest BCUT2D eigenvalue weighted by molar-refractivity contribution is 7.20. The summed E-state index contributed by atoms with van der Waals surface area (Å²) in [6.45, 7) is 4.51. The Morgan fingerprint density at radius 3 is 1.31 bits per heavy atom. The Balaban J connectivity index is 1.03. The lowest BCUT2D eigenvalue weighted by atomic mass is 10.00. The molecule has 2 aliphatic rings. The number of ether oxygens (including phenoxy) is 2. The van der Waals surface area contributed by atoms with E-state index in [1.54, 1.807) is 34.8 Å². The van der Waals surface area contributed by atoms with Gasteiger partial charge in [-0.1, -0.05) is 127 Å². The van der Waals surface area contributed by atoms with Crippen LogP contribution in [0, 0.1) is 0 Å². The van der Waals surface area contributed by atoms with Crippen molar-refractivity contribution in [2.45, 2.75) is 104 Å². The molecule has 276 valence electrons. The smallest absolute Gasteiger partial charge is 0.344 e. The fourth-order valence-corrected chi connectivity index (χ4v) is 9.97. The predicted molar refractivity (Wildman–Crippen MR) is 228 cm³/mol. The normalized spacial score (nSPS) is 15.9. The standard InChI is InChI=1S/C48H48O4S2/c1-3-5-7-9-11-13-15-31-17-19-33-21-23-43-37(35(33)25-31)29-45(53-43)41-27-39(47(49)51-41)40-28-42(52-48(40)50)46-30-38-36-26-32(16-14-12-10-8-6-4-2)18-20-34(36)22-24-44(38)54-46/h17-30H,3-16H2,1-2H3/b40-39+. The number of unbranched alkanes of at least 4 members (excludes halogenated alkanes) is 10. The number of aryl methyl sites for hydroxylation is 2. The summed E-state index contributed by atoms with van der Waals surface area (Å²) in [7, 11) is 0. The summed E-state index contributed by atoms with van der Waals surface area (Å²) in [5, 5.41) is 7.16. The van der Waals surface area contributed by atoms with Crippen molar-refractivity contribution in [1.29, 1.82) is 0 Å². The van der Waals surface area contributed by atoms with Gasteiger partial charge in [0.15, 0.2) is 0 Å². The Bertz CT molecular complexity index is 2300. The molecule has 4 aromatic carbocycles. The molecule has 0 amide bonds. The van der Waals surface area contributed by atoms with Crippen molar-refractivity contribution < 1.29 is 19.1 Å². The molecule has 0 fully saturated rings. The lowest BCUT2D eigenvalue weighted by molar-refractivity contribution is -0.133. The van der Waals surface area contributed by atoms with Gasteiger partial charge in [-0.3, -0.25) is 0 Å². The van der Waals surface area contributed by atoms with E-state index in [0.29, 0.717) is 11.5 Å². The maximum atomic E-state index is 13.3. The van der Waals surface area contributed by atoms with Crippen LogP contribution in [-0.4, -0.2) is 11.9 Å². The minimum Gasteiger partial charge on any atom is -0.421 e. The van der Waals surface area contributed by atoms with Crippen LogP contribution in [0.3, 0.4) is 0 Å². The molecule has 0 atom stereocenters. The van der Waals surface area contributed by atoms with Crippen molar-refractivity contribution in [3.63, 3.8) is 0 Å². The van der Waals surface area contributed by atoms with Crippen LogP contribution >= 0.6 is 22.7 Å². The lowest BCUT2D eigenvalue weighted by Gasteiger charge is -2.05. The molecule has 2 aliphatic heterocycles. The topological polar surface area (TPSA) is 52.6 Å². The van der Waals surface area contributed by atoms with Crippen LogP contribution in [0.15, 0.2) is 96.1 Å². The second-order valence-corrected chi connectivity index (χ2v) is 17.1. The average Bonchev–Trinajstić information content (AvgIpc) is 3.99. The van der Waals surface area contributed by atoms with E-state index in [1.165, 1.54) is 110 Å².